The van der Waals surface area contributed by atoms with Gasteiger partial charge in [0.25, 0.3) is 0 Å². The molecule has 1 aromatic rings. The average Bonchev–Trinajstić information content (AvgIpc) is 3.23. The third-order valence-corrected chi connectivity index (χ3v) is 9.70. The maximum absolute atomic E-state index is 13.3. The summed E-state index contributed by atoms with van der Waals surface area (Å²) in [5.74, 6) is 1.59. The lowest BCUT2D eigenvalue weighted by Gasteiger charge is -2.32. The third-order valence-electron chi connectivity index (χ3n) is 9.70. The van der Waals surface area contributed by atoms with Gasteiger partial charge in [-0.2, -0.15) is 0 Å². The number of Topliss-reactive ketones (excluding diaryl/α,β-unsaturated/α-hetero) is 1. The zero-order valence-corrected chi connectivity index (χ0v) is 27.2. The van der Waals surface area contributed by atoms with Crippen LogP contribution in [-0.2, 0) is 4.79 Å². The molecule has 2 aliphatic carbocycles. The van der Waals surface area contributed by atoms with Gasteiger partial charge >= 0.3 is 0 Å². The predicted molar refractivity (Wildman–Crippen MR) is 184 cm³/mol. The van der Waals surface area contributed by atoms with E-state index in [4.69, 9.17) is 0 Å². The molecule has 0 amide bonds. The molecule has 2 aliphatic heterocycles. The molecule has 0 radical (unpaired) electrons. The van der Waals surface area contributed by atoms with E-state index in [1.54, 1.807) is 0 Å². The van der Waals surface area contributed by atoms with Crippen LogP contribution in [0.4, 0.5) is 0 Å². The molecule has 0 spiro atoms. The van der Waals surface area contributed by atoms with Crippen molar-refractivity contribution in [2.45, 2.75) is 103 Å². The standard InChI is InChI=1S/C40H52N2O2/c1-4-8-30(10-5-9-29(2)3)31-13-15-32(16-14-31)35-17-18-36-28-41-24-23-39(38(36)27-35)42-25-6-11-33(12-7-26-42)40(44)34-19-21-37(43)22-20-34/h5,9,11,13-17,23-24,27-30,34,37,43H,4,6-8,10,12,18-22,25-26H2,1-3H3/b9-5+,33-11-/t30-,34?,37?/m0/s1. The predicted octanol–water partition coefficient (Wildman–Crippen LogP) is 9.27. The molecule has 234 valence electrons. The zero-order valence-electron chi connectivity index (χ0n) is 27.2. The largest absolute Gasteiger partial charge is 0.393 e. The van der Waals surface area contributed by atoms with E-state index in [1.807, 2.05) is 12.4 Å². The molecule has 0 unspecified atom stereocenters. The number of hydrogen-bond donors (Lipinski definition) is 1. The zero-order chi connectivity index (χ0) is 30.9. The highest BCUT2D eigenvalue weighted by Gasteiger charge is 2.28. The van der Waals surface area contributed by atoms with Gasteiger partial charge < -0.3 is 10.0 Å². The molecule has 1 atom stereocenters. The highest BCUT2D eigenvalue weighted by Crippen LogP contribution is 2.37. The summed E-state index contributed by atoms with van der Waals surface area (Å²) in [7, 11) is 0. The van der Waals surface area contributed by atoms with E-state index >= 15 is 0 Å². The number of nitrogens with zero attached hydrogens (tertiary/aromatic N) is 2. The minimum Gasteiger partial charge on any atom is -0.393 e. The molecule has 4 aliphatic rings. The second-order valence-electron chi connectivity index (χ2n) is 13.4. The molecule has 4 nitrogen and oxygen atoms in total. The van der Waals surface area contributed by atoms with Crippen LogP contribution >= 0.6 is 0 Å². The van der Waals surface area contributed by atoms with E-state index in [9.17, 15) is 9.90 Å². The third kappa shape index (κ3) is 8.27. The number of fused-ring (bicyclic) bond motifs is 1. The molecule has 0 saturated heterocycles. The van der Waals surface area contributed by atoms with Gasteiger partial charge in [0.05, 0.1) is 6.10 Å². The van der Waals surface area contributed by atoms with Crippen LogP contribution in [0.15, 0.2) is 94.3 Å². The van der Waals surface area contributed by atoms with Crippen LogP contribution in [0.25, 0.3) is 5.57 Å². The van der Waals surface area contributed by atoms with Crippen molar-refractivity contribution in [2.75, 3.05) is 13.1 Å². The number of allylic oxidation sites excluding steroid dienone is 8. The lowest BCUT2D eigenvalue weighted by Crippen LogP contribution is -2.30. The van der Waals surface area contributed by atoms with Crippen molar-refractivity contribution in [1.29, 1.82) is 0 Å². The summed E-state index contributed by atoms with van der Waals surface area (Å²) in [5, 5.41) is 9.87. The summed E-state index contributed by atoms with van der Waals surface area (Å²) in [6.07, 6.45) is 27.7. The molecule has 4 heteroatoms. The van der Waals surface area contributed by atoms with E-state index in [2.05, 4.69) is 91.4 Å². The quantitative estimate of drug-likeness (QED) is 0.276. The van der Waals surface area contributed by atoms with Gasteiger partial charge in [-0.1, -0.05) is 75.8 Å². The number of aliphatic hydroxyl groups is 1. The molecule has 1 aromatic carbocycles. The lowest BCUT2D eigenvalue weighted by atomic mass is 9.81. The van der Waals surface area contributed by atoms with Gasteiger partial charge in [0.15, 0.2) is 5.78 Å². The van der Waals surface area contributed by atoms with Gasteiger partial charge in [0.1, 0.15) is 0 Å². The van der Waals surface area contributed by atoms with E-state index in [-0.39, 0.29) is 12.0 Å². The van der Waals surface area contributed by atoms with Gasteiger partial charge in [0, 0.05) is 42.7 Å². The Morgan fingerprint density at radius 1 is 1.09 bits per heavy atom. The fraction of sp³-hybridized carbons (Fsp3) is 0.500. The fourth-order valence-corrected chi connectivity index (χ4v) is 7.18. The van der Waals surface area contributed by atoms with E-state index < -0.39 is 0 Å². The van der Waals surface area contributed by atoms with Crippen LogP contribution < -0.4 is 0 Å². The van der Waals surface area contributed by atoms with Crippen LogP contribution in [0.3, 0.4) is 0 Å². The first-order valence-electron chi connectivity index (χ1n) is 17.2. The Balaban J connectivity index is 1.29. The maximum Gasteiger partial charge on any atom is 0.161 e. The first-order valence-corrected chi connectivity index (χ1v) is 17.2. The summed E-state index contributed by atoms with van der Waals surface area (Å²) < 4.78 is 0. The molecule has 1 fully saturated rings. The number of carbonyl (C=O) groups excluding carboxylic acids is 1. The minimum atomic E-state index is -0.224. The molecule has 0 bridgehead atoms. The topological polar surface area (TPSA) is 52.9 Å². The van der Waals surface area contributed by atoms with E-state index in [1.165, 1.54) is 46.4 Å². The molecular formula is C40H52N2O2. The molecule has 5 rings (SSSR count). The highest BCUT2D eigenvalue weighted by atomic mass is 16.3. The minimum absolute atomic E-state index is 0.0968. The summed E-state index contributed by atoms with van der Waals surface area (Å²) >= 11 is 0. The number of aliphatic hydroxyl groups excluding tert-OH is 1. The first kappa shape index (κ1) is 32.2. The number of hydrogen-bond acceptors (Lipinski definition) is 4. The smallest absolute Gasteiger partial charge is 0.161 e. The van der Waals surface area contributed by atoms with Crippen molar-refractivity contribution >= 4 is 17.6 Å². The van der Waals surface area contributed by atoms with Crippen LogP contribution in [-0.4, -0.2) is 41.2 Å². The van der Waals surface area contributed by atoms with Crippen LogP contribution in [0.2, 0.25) is 0 Å². The Hall–Kier alpha value is -3.24. The molecule has 0 aromatic heterocycles. The van der Waals surface area contributed by atoms with Gasteiger partial charge in [-0.25, -0.2) is 0 Å². The van der Waals surface area contributed by atoms with Gasteiger partial charge in [-0.15, -0.1) is 0 Å². The second-order valence-corrected chi connectivity index (χ2v) is 13.4. The molecule has 44 heavy (non-hydrogen) atoms. The van der Waals surface area contributed by atoms with Gasteiger partial charge in [-0.05, 0) is 116 Å². The van der Waals surface area contributed by atoms with Gasteiger partial charge in [0.2, 0.25) is 0 Å². The number of carbonyl (C=O) groups is 1. The highest BCUT2D eigenvalue weighted by molar-refractivity contribution is 5.97. The summed E-state index contributed by atoms with van der Waals surface area (Å²) in [5.41, 5.74) is 8.78. The van der Waals surface area contributed by atoms with Crippen LogP contribution in [0, 0.1) is 11.8 Å². The Labute approximate surface area is 265 Å². The van der Waals surface area contributed by atoms with Crippen LogP contribution in [0.1, 0.15) is 108 Å². The number of ketones is 1. The summed E-state index contributed by atoms with van der Waals surface area (Å²) in [6.45, 7) is 8.58. The molecule has 1 N–H and O–H groups in total. The molecule has 1 saturated carbocycles. The monoisotopic (exact) mass is 592 g/mol. The number of rotatable bonds is 10. The second kappa shape index (κ2) is 15.7. The van der Waals surface area contributed by atoms with Crippen molar-refractivity contribution in [1.82, 2.24) is 4.90 Å². The van der Waals surface area contributed by atoms with Crippen molar-refractivity contribution in [3.05, 3.63) is 100 Å². The Kier molecular flexibility index (Phi) is 11.4. The van der Waals surface area contributed by atoms with Gasteiger partial charge in [-0.3, -0.25) is 9.79 Å². The Morgan fingerprint density at radius 3 is 2.64 bits per heavy atom. The maximum atomic E-state index is 13.3. The fourth-order valence-electron chi connectivity index (χ4n) is 7.18. The summed E-state index contributed by atoms with van der Waals surface area (Å²) in [6, 6.07) is 9.31. The lowest BCUT2D eigenvalue weighted by molar-refractivity contribution is -0.120. The van der Waals surface area contributed by atoms with Crippen LogP contribution in [0.5, 0.6) is 0 Å². The average molecular weight is 593 g/mol. The Morgan fingerprint density at radius 2 is 1.89 bits per heavy atom. The molecular weight excluding hydrogens is 540 g/mol. The van der Waals surface area contributed by atoms with Crippen molar-refractivity contribution < 1.29 is 9.90 Å². The summed E-state index contributed by atoms with van der Waals surface area (Å²) in [4.78, 5) is 20.3. The van der Waals surface area contributed by atoms with E-state index in [0.717, 1.165) is 76.5 Å². The normalized spacial score (nSPS) is 24.7. The Bertz CT molecular complexity index is 1360. The van der Waals surface area contributed by atoms with Crippen molar-refractivity contribution in [3.63, 3.8) is 0 Å². The SMILES string of the molecule is CCC[C@@H](C/C=C/C(C)C)c1ccc(C2=CCC3=CN=CC=C(N4CC/C=C(\C(=O)C5CCC(O)CC5)CCC4)C3=C2)cc1. The number of benzene rings is 1. The molecule has 2 heterocycles. The first-order chi connectivity index (χ1) is 21.4. The van der Waals surface area contributed by atoms with Crippen molar-refractivity contribution in [3.8, 4) is 0 Å². The van der Waals surface area contributed by atoms with E-state index in [0.29, 0.717) is 17.6 Å². The van der Waals surface area contributed by atoms with Crippen molar-refractivity contribution in [2.24, 2.45) is 16.8 Å². The number of aliphatic imine (C=N–C) groups is 1.